The van der Waals surface area contributed by atoms with Crippen molar-refractivity contribution in [2.24, 2.45) is 7.05 Å². The van der Waals surface area contributed by atoms with Gasteiger partial charge in [-0.2, -0.15) is 0 Å². The van der Waals surface area contributed by atoms with E-state index in [1.165, 1.54) is 51.5 Å². The molecule has 0 aliphatic carbocycles. The van der Waals surface area contributed by atoms with E-state index in [0.717, 1.165) is 14.2 Å². The molecular weight excluding hydrogens is 303 g/mol. The van der Waals surface area contributed by atoms with Crippen LogP contribution in [0.3, 0.4) is 0 Å². The summed E-state index contributed by atoms with van der Waals surface area (Å²) in [5.74, 6) is 0. The van der Waals surface area contributed by atoms with Crippen molar-refractivity contribution in [2.75, 3.05) is 14.2 Å². The van der Waals surface area contributed by atoms with Crippen LogP contribution < -0.4 is 9.46 Å². The number of nitrogens with zero attached hydrogens (tertiary/aromatic N) is 2. The van der Waals surface area contributed by atoms with Gasteiger partial charge in [-0.05, 0) is 12.8 Å². The molecule has 0 fully saturated rings. The third-order valence-corrected chi connectivity index (χ3v) is 4.19. The molecule has 1 aromatic heterocycles. The summed E-state index contributed by atoms with van der Waals surface area (Å²) in [6.45, 7) is 3.45. The second-order valence-corrected chi connectivity index (χ2v) is 6.88. The predicted molar refractivity (Wildman–Crippen MR) is 85.2 cm³/mol. The fourth-order valence-electron chi connectivity index (χ4n) is 1.96. The van der Waals surface area contributed by atoms with E-state index in [9.17, 15) is 9.46 Å². The first-order chi connectivity index (χ1) is 10.4. The Morgan fingerprint density at radius 3 is 2.05 bits per heavy atom. The van der Waals surface area contributed by atoms with Crippen molar-refractivity contribution < 1.29 is 23.1 Å². The van der Waals surface area contributed by atoms with E-state index in [-0.39, 0.29) is 0 Å². The van der Waals surface area contributed by atoms with E-state index in [2.05, 4.69) is 50.9 Å². The molecular formula is C15H31N2O4P. The first kappa shape index (κ1) is 21.3. The maximum atomic E-state index is 9.95. The van der Waals surface area contributed by atoms with E-state index in [4.69, 9.17) is 0 Å². The minimum Gasteiger partial charge on any atom is -0.756 e. The van der Waals surface area contributed by atoms with Crippen LogP contribution in [0.2, 0.25) is 0 Å². The number of aryl methyl sites for hydroxylation is 2. The average molecular weight is 334 g/mol. The van der Waals surface area contributed by atoms with Crippen molar-refractivity contribution in [1.82, 2.24) is 4.57 Å². The molecule has 0 bridgehead atoms. The lowest BCUT2D eigenvalue weighted by molar-refractivity contribution is -0.671. The summed E-state index contributed by atoms with van der Waals surface area (Å²) in [4.78, 5) is 9.95. The van der Waals surface area contributed by atoms with Crippen molar-refractivity contribution in [3.05, 3.63) is 18.7 Å². The number of phosphoric acid groups is 1. The molecule has 0 N–H and O–H groups in total. The van der Waals surface area contributed by atoms with E-state index in [0.29, 0.717) is 0 Å². The summed E-state index contributed by atoms with van der Waals surface area (Å²) >= 11 is 0. The number of imidazole rings is 1. The van der Waals surface area contributed by atoms with Crippen molar-refractivity contribution in [3.8, 4) is 0 Å². The maximum Gasteiger partial charge on any atom is 0.267 e. The lowest BCUT2D eigenvalue weighted by Gasteiger charge is -2.16. The lowest BCUT2D eigenvalue weighted by Crippen LogP contribution is -2.23. The Morgan fingerprint density at radius 1 is 1.09 bits per heavy atom. The lowest BCUT2D eigenvalue weighted by atomic mass is 10.1. The Bertz CT molecular complexity index is 415. The quantitative estimate of drug-likeness (QED) is 0.375. The number of rotatable bonds is 10. The van der Waals surface area contributed by atoms with Crippen LogP contribution in [0.4, 0.5) is 0 Å². The van der Waals surface area contributed by atoms with Gasteiger partial charge >= 0.3 is 0 Å². The number of hydrogen-bond donors (Lipinski definition) is 0. The van der Waals surface area contributed by atoms with Gasteiger partial charge in [0.25, 0.3) is 7.82 Å². The SMILES string of the molecule is CCCCCCCCCn1cc[n+](C)c1.COP(=O)([O-])OC. The first-order valence-electron chi connectivity index (χ1n) is 7.88. The van der Waals surface area contributed by atoms with E-state index < -0.39 is 7.82 Å². The van der Waals surface area contributed by atoms with Crippen LogP contribution in [-0.2, 0) is 27.2 Å². The molecule has 1 aromatic rings. The molecule has 0 unspecified atom stereocenters. The maximum absolute atomic E-state index is 9.95. The number of aromatic nitrogens is 2. The molecule has 1 rings (SSSR count). The van der Waals surface area contributed by atoms with Gasteiger partial charge in [0.1, 0.15) is 12.4 Å². The minimum absolute atomic E-state index is 1.04. The summed E-state index contributed by atoms with van der Waals surface area (Å²) in [6.07, 6.45) is 16.1. The van der Waals surface area contributed by atoms with Crippen molar-refractivity contribution in [2.45, 2.75) is 58.4 Å². The molecule has 0 aliphatic rings. The summed E-state index contributed by atoms with van der Waals surface area (Å²) in [5, 5.41) is 0. The summed E-state index contributed by atoms with van der Waals surface area (Å²) in [6, 6.07) is 0. The minimum atomic E-state index is -3.90. The van der Waals surface area contributed by atoms with Crippen LogP contribution in [0.15, 0.2) is 18.7 Å². The molecule has 0 amide bonds. The Hall–Kier alpha value is -0.680. The number of unbranched alkanes of at least 4 members (excludes halogenated alkanes) is 6. The fourth-order valence-corrected chi connectivity index (χ4v) is 2.11. The van der Waals surface area contributed by atoms with Gasteiger partial charge in [0.05, 0.1) is 13.6 Å². The topological polar surface area (TPSA) is 67.4 Å². The van der Waals surface area contributed by atoms with Crippen molar-refractivity contribution >= 4 is 7.82 Å². The zero-order chi connectivity index (χ0) is 16.8. The molecule has 0 radical (unpaired) electrons. The highest BCUT2D eigenvalue weighted by Gasteiger charge is 1.99. The Kier molecular flexibility index (Phi) is 12.4. The van der Waals surface area contributed by atoms with Crippen LogP contribution in [0.5, 0.6) is 0 Å². The number of hydrogen-bond acceptors (Lipinski definition) is 4. The monoisotopic (exact) mass is 334 g/mol. The van der Waals surface area contributed by atoms with Gasteiger partial charge in [0.2, 0.25) is 6.33 Å². The average Bonchev–Trinajstić information content (AvgIpc) is 2.92. The van der Waals surface area contributed by atoms with Gasteiger partial charge in [0, 0.05) is 14.2 Å². The van der Waals surface area contributed by atoms with E-state index in [1.807, 2.05) is 0 Å². The summed E-state index contributed by atoms with van der Waals surface area (Å²) < 4.78 is 22.0. The molecule has 0 spiro atoms. The van der Waals surface area contributed by atoms with Crippen LogP contribution in [0, 0.1) is 0 Å². The fraction of sp³-hybridized carbons (Fsp3) is 0.800. The third kappa shape index (κ3) is 11.9. The van der Waals surface area contributed by atoms with Crippen LogP contribution in [-0.4, -0.2) is 18.8 Å². The molecule has 7 heteroatoms. The second kappa shape index (κ2) is 12.8. The Morgan fingerprint density at radius 2 is 1.64 bits per heavy atom. The van der Waals surface area contributed by atoms with Crippen LogP contribution in [0.25, 0.3) is 0 Å². The molecule has 130 valence electrons. The molecule has 22 heavy (non-hydrogen) atoms. The third-order valence-electron chi connectivity index (χ3n) is 3.29. The summed E-state index contributed by atoms with van der Waals surface area (Å²) in [7, 11) is 0.244. The van der Waals surface area contributed by atoms with Gasteiger partial charge in [-0.3, -0.25) is 4.57 Å². The largest absolute Gasteiger partial charge is 0.756 e. The van der Waals surface area contributed by atoms with Crippen molar-refractivity contribution in [1.29, 1.82) is 0 Å². The van der Waals surface area contributed by atoms with Gasteiger partial charge in [-0.25, -0.2) is 9.13 Å². The van der Waals surface area contributed by atoms with Gasteiger partial charge in [-0.15, -0.1) is 0 Å². The van der Waals surface area contributed by atoms with Gasteiger partial charge < -0.3 is 13.9 Å². The molecule has 0 aromatic carbocycles. The van der Waals surface area contributed by atoms with Gasteiger partial charge in [0.15, 0.2) is 0 Å². The van der Waals surface area contributed by atoms with Crippen LogP contribution >= 0.6 is 7.82 Å². The van der Waals surface area contributed by atoms with E-state index in [1.54, 1.807) is 0 Å². The van der Waals surface area contributed by atoms with Gasteiger partial charge in [-0.1, -0.05) is 39.0 Å². The highest BCUT2D eigenvalue weighted by molar-refractivity contribution is 7.45. The molecule has 0 saturated carbocycles. The number of phosphoric ester groups is 1. The molecule has 0 saturated heterocycles. The molecule has 1 heterocycles. The standard InChI is InChI=1S/C13H25N2.C2H7O4P/c1-3-4-5-6-7-8-9-10-15-12-11-14(2)13-15;1-5-7(3,4)6-2/h11-13H,3-10H2,1-2H3;1-2H3,(H,3,4)/q+1;/p-1. The Labute approximate surface area is 134 Å². The smallest absolute Gasteiger partial charge is 0.267 e. The molecule has 6 nitrogen and oxygen atoms in total. The predicted octanol–water partition coefficient (Wildman–Crippen LogP) is 2.81. The summed E-state index contributed by atoms with van der Waals surface area (Å²) in [5.41, 5.74) is 0. The zero-order valence-corrected chi connectivity index (χ0v) is 15.3. The van der Waals surface area contributed by atoms with Crippen LogP contribution in [0.1, 0.15) is 51.9 Å². The van der Waals surface area contributed by atoms with E-state index >= 15 is 0 Å². The first-order valence-corrected chi connectivity index (χ1v) is 9.34. The normalized spacial score (nSPS) is 11.1. The second-order valence-electron chi connectivity index (χ2n) is 5.25. The molecule has 0 atom stereocenters. The Balaban J connectivity index is 0.000000534. The highest BCUT2D eigenvalue weighted by atomic mass is 31.2. The zero-order valence-electron chi connectivity index (χ0n) is 14.4. The molecule has 0 aliphatic heterocycles. The van der Waals surface area contributed by atoms with Crippen molar-refractivity contribution in [3.63, 3.8) is 0 Å². The highest BCUT2D eigenvalue weighted by Crippen LogP contribution is 2.34.